The van der Waals surface area contributed by atoms with Gasteiger partial charge in [-0.15, -0.1) is 5.10 Å². The second-order valence-electron chi connectivity index (χ2n) is 4.91. The third kappa shape index (κ3) is 2.61. The number of benzene rings is 2. The molecule has 2 aromatic carbocycles. The van der Waals surface area contributed by atoms with Crippen molar-refractivity contribution in [3.63, 3.8) is 0 Å². The van der Waals surface area contributed by atoms with Gasteiger partial charge in [-0.3, -0.25) is 0 Å². The molecule has 142 valence electrons. The quantitative estimate of drug-likeness (QED) is 0.364. The molecule has 0 radical (unpaired) electrons. The highest BCUT2D eigenvalue weighted by atomic mass is 19.2. The van der Waals surface area contributed by atoms with Crippen molar-refractivity contribution >= 4 is 0 Å². The molecule has 27 heavy (non-hydrogen) atoms. The molecule has 3 nitrogen and oxygen atoms in total. The lowest BCUT2D eigenvalue weighted by molar-refractivity contribution is 0.373. The normalized spacial score (nSPS) is 11.3. The summed E-state index contributed by atoms with van der Waals surface area (Å²) in [6, 6.07) is 0. The van der Waals surface area contributed by atoms with Crippen molar-refractivity contribution in [1.29, 1.82) is 0 Å². The van der Waals surface area contributed by atoms with E-state index in [1.807, 2.05) is 0 Å². The van der Waals surface area contributed by atoms with Crippen LogP contribution < -0.4 is 0 Å². The summed E-state index contributed by atoms with van der Waals surface area (Å²) < 4.78 is 134. The van der Waals surface area contributed by atoms with Crippen LogP contribution in [0, 0.1) is 58.2 Å². The Kier molecular flexibility index (Phi) is 4.32. The van der Waals surface area contributed by atoms with Crippen LogP contribution in [0.4, 0.5) is 43.9 Å². The van der Waals surface area contributed by atoms with E-state index in [9.17, 15) is 43.9 Å². The summed E-state index contributed by atoms with van der Waals surface area (Å²) in [5.74, 6) is -23.7. The van der Waals surface area contributed by atoms with Crippen molar-refractivity contribution in [3.05, 3.63) is 64.4 Å². The summed E-state index contributed by atoms with van der Waals surface area (Å²) in [7, 11) is 0. The van der Waals surface area contributed by atoms with Crippen LogP contribution in [-0.2, 0) is 0 Å². The van der Waals surface area contributed by atoms with Gasteiger partial charge in [0.25, 0.3) is 0 Å². The summed E-state index contributed by atoms with van der Waals surface area (Å²) in [5, 5.41) is 5.88. The summed E-state index contributed by atoms with van der Waals surface area (Å²) in [4.78, 5) is 0. The molecule has 0 aliphatic carbocycles. The molecule has 0 amide bonds. The molecule has 13 heteroatoms. The second kappa shape index (κ2) is 6.25. The second-order valence-corrected chi connectivity index (χ2v) is 4.91. The Bertz CT molecular complexity index is 949. The van der Waals surface area contributed by atoms with E-state index in [1.54, 1.807) is 0 Å². The van der Waals surface area contributed by atoms with Crippen molar-refractivity contribution < 1.29 is 43.9 Å². The van der Waals surface area contributed by atoms with E-state index < -0.39 is 75.1 Å². The van der Waals surface area contributed by atoms with Crippen LogP contribution in [0.2, 0.25) is 0 Å². The predicted octanol–water partition coefficient (Wildman–Crippen LogP) is 4.33. The maximum absolute atomic E-state index is 13.7. The van der Waals surface area contributed by atoms with Crippen molar-refractivity contribution in [3.8, 4) is 16.9 Å². The topological polar surface area (TPSA) is 30.7 Å². The van der Waals surface area contributed by atoms with Gasteiger partial charge in [0.2, 0.25) is 11.6 Å². The Morgan fingerprint density at radius 2 is 0.889 bits per heavy atom. The Balaban J connectivity index is 2.25. The molecule has 0 fully saturated rings. The van der Waals surface area contributed by atoms with Crippen molar-refractivity contribution in [2.24, 2.45) is 0 Å². The monoisotopic (exact) mass is 401 g/mol. The fourth-order valence-electron chi connectivity index (χ4n) is 2.11. The standard InChI is InChI=1S/C14HF10N3/c15-4-3(5(16)7(18)8(19)6(4)17)2-1-27(26-25-2)14-12(23)10(21)9(20)11(22)13(14)24/h1H. The van der Waals surface area contributed by atoms with E-state index in [0.29, 0.717) is 0 Å². The molecule has 0 saturated carbocycles. The number of nitrogens with zero attached hydrogens (tertiary/aromatic N) is 3. The Hall–Kier alpha value is -3.12. The van der Waals surface area contributed by atoms with Gasteiger partial charge in [0, 0.05) is 0 Å². The molecule has 3 rings (SSSR count). The largest absolute Gasteiger partial charge is 0.214 e. The molecule has 0 unspecified atom stereocenters. The van der Waals surface area contributed by atoms with Crippen molar-refractivity contribution in [1.82, 2.24) is 15.0 Å². The first-order valence-corrected chi connectivity index (χ1v) is 6.53. The van der Waals surface area contributed by atoms with E-state index in [0.717, 1.165) is 0 Å². The highest BCUT2D eigenvalue weighted by molar-refractivity contribution is 5.60. The first kappa shape index (κ1) is 18.7. The molecule has 0 N–H and O–H groups in total. The maximum atomic E-state index is 13.7. The smallest absolute Gasteiger partial charge is 0.200 e. The molecule has 0 aliphatic heterocycles. The number of rotatable bonds is 2. The van der Waals surface area contributed by atoms with Gasteiger partial charge in [0.05, 0.1) is 11.8 Å². The van der Waals surface area contributed by atoms with Crippen LogP contribution in [-0.4, -0.2) is 15.0 Å². The average molecular weight is 401 g/mol. The summed E-state index contributed by atoms with van der Waals surface area (Å²) >= 11 is 0. The SMILES string of the molecule is Fc1c(F)c(F)c(-c2cn(-c3c(F)c(F)c(F)c(F)c3F)nn2)c(F)c1F. The number of halogens is 10. The Labute approximate surface area is 141 Å². The van der Waals surface area contributed by atoms with Gasteiger partial charge in [-0.25, -0.2) is 48.6 Å². The first-order valence-electron chi connectivity index (χ1n) is 6.53. The van der Waals surface area contributed by atoms with Crippen LogP contribution >= 0.6 is 0 Å². The minimum absolute atomic E-state index is 0.107. The van der Waals surface area contributed by atoms with Gasteiger partial charge in [-0.05, 0) is 0 Å². The third-order valence-electron chi connectivity index (χ3n) is 3.38. The molecular weight excluding hydrogens is 400 g/mol. The van der Waals surface area contributed by atoms with Gasteiger partial charge >= 0.3 is 0 Å². The van der Waals surface area contributed by atoms with Crippen LogP contribution in [0.3, 0.4) is 0 Å². The van der Waals surface area contributed by atoms with Gasteiger partial charge < -0.3 is 0 Å². The third-order valence-corrected chi connectivity index (χ3v) is 3.38. The van der Waals surface area contributed by atoms with Crippen molar-refractivity contribution in [2.45, 2.75) is 0 Å². The fourth-order valence-corrected chi connectivity index (χ4v) is 2.11. The Morgan fingerprint density at radius 3 is 1.33 bits per heavy atom. The van der Waals surface area contributed by atoms with Crippen LogP contribution in [0.25, 0.3) is 16.9 Å². The zero-order chi connectivity index (χ0) is 20.2. The lowest BCUT2D eigenvalue weighted by Gasteiger charge is -2.07. The molecule has 1 heterocycles. The van der Waals surface area contributed by atoms with Gasteiger partial charge in [-0.1, -0.05) is 5.21 Å². The maximum Gasteiger partial charge on any atom is 0.200 e. The molecule has 0 bridgehead atoms. The van der Waals surface area contributed by atoms with Gasteiger partial charge in [-0.2, -0.15) is 0 Å². The van der Waals surface area contributed by atoms with Crippen LogP contribution in [0.1, 0.15) is 0 Å². The Morgan fingerprint density at radius 1 is 0.519 bits per heavy atom. The minimum Gasteiger partial charge on any atom is -0.214 e. The summed E-state index contributed by atoms with van der Waals surface area (Å²) in [5.41, 5.74) is -4.40. The first-order chi connectivity index (χ1) is 12.6. The summed E-state index contributed by atoms with van der Waals surface area (Å²) in [6.45, 7) is 0. The average Bonchev–Trinajstić information content (AvgIpc) is 3.11. The van der Waals surface area contributed by atoms with Gasteiger partial charge in [0.15, 0.2) is 46.5 Å². The molecular formula is C14HF10N3. The van der Waals surface area contributed by atoms with E-state index in [-0.39, 0.29) is 10.9 Å². The van der Waals surface area contributed by atoms with E-state index in [1.165, 1.54) is 0 Å². The predicted molar refractivity (Wildman–Crippen MR) is 66.4 cm³/mol. The van der Waals surface area contributed by atoms with Crippen molar-refractivity contribution in [2.75, 3.05) is 0 Å². The molecule has 0 saturated heterocycles. The van der Waals surface area contributed by atoms with E-state index >= 15 is 0 Å². The van der Waals surface area contributed by atoms with E-state index in [4.69, 9.17) is 0 Å². The zero-order valence-electron chi connectivity index (χ0n) is 12.2. The lowest BCUT2D eigenvalue weighted by Crippen LogP contribution is -2.10. The molecule has 3 aromatic rings. The summed E-state index contributed by atoms with van der Waals surface area (Å²) in [6.07, 6.45) is 0.219. The van der Waals surface area contributed by atoms with Crippen LogP contribution in [0.5, 0.6) is 0 Å². The number of hydrogen-bond acceptors (Lipinski definition) is 2. The van der Waals surface area contributed by atoms with E-state index in [2.05, 4.69) is 10.3 Å². The fraction of sp³-hybridized carbons (Fsp3) is 0. The number of hydrogen-bond donors (Lipinski definition) is 0. The number of aromatic nitrogens is 3. The lowest BCUT2D eigenvalue weighted by atomic mass is 10.1. The zero-order valence-corrected chi connectivity index (χ0v) is 12.2. The highest BCUT2D eigenvalue weighted by Crippen LogP contribution is 2.31. The molecule has 1 aromatic heterocycles. The molecule has 0 atom stereocenters. The van der Waals surface area contributed by atoms with Crippen LogP contribution in [0.15, 0.2) is 6.20 Å². The minimum atomic E-state index is -2.48. The highest BCUT2D eigenvalue weighted by Gasteiger charge is 2.30. The van der Waals surface area contributed by atoms with Gasteiger partial charge in [0.1, 0.15) is 11.4 Å². The molecule has 0 spiro atoms. The molecule has 0 aliphatic rings.